The number of hydrogen-bond donors (Lipinski definition) is 1. The lowest BCUT2D eigenvalue weighted by Crippen LogP contribution is -2.36. The van der Waals surface area contributed by atoms with Gasteiger partial charge in [-0.2, -0.15) is 0 Å². The second kappa shape index (κ2) is 5.14. The van der Waals surface area contributed by atoms with Crippen LogP contribution < -0.4 is 5.32 Å². The van der Waals surface area contributed by atoms with Crippen LogP contribution in [0.25, 0.3) is 0 Å². The summed E-state index contributed by atoms with van der Waals surface area (Å²) in [6.07, 6.45) is 4.11. The molecule has 1 atom stereocenters. The average Bonchev–Trinajstić information content (AvgIpc) is 2.06. The Balaban J connectivity index is 2.15. The number of nitrogens with one attached hydrogen (secondary N) is 1. The Morgan fingerprint density at radius 1 is 1.58 bits per heavy atom. The number of carbonyl (C=O) groups excluding carboxylic acids is 1. The molecule has 1 aliphatic rings. The average molecular weight is 171 g/mol. The van der Waals surface area contributed by atoms with Gasteiger partial charge in [0.05, 0.1) is 13.0 Å². The van der Waals surface area contributed by atoms with Crippen LogP contribution in [0.5, 0.6) is 0 Å². The topological polar surface area (TPSA) is 38.3 Å². The van der Waals surface area contributed by atoms with Gasteiger partial charge in [-0.3, -0.25) is 4.79 Å². The van der Waals surface area contributed by atoms with Crippen molar-refractivity contribution in [3.05, 3.63) is 0 Å². The Bertz CT molecular complexity index is 141. The van der Waals surface area contributed by atoms with Crippen LogP contribution in [0.2, 0.25) is 0 Å². The lowest BCUT2D eigenvalue weighted by molar-refractivity contribution is -0.143. The van der Waals surface area contributed by atoms with E-state index in [0.29, 0.717) is 19.1 Å². The zero-order valence-corrected chi connectivity index (χ0v) is 7.64. The molecule has 0 saturated carbocycles. The maximum atomic E-state index is 11.0. The smallest absolute Gasteiger partial charge is 0.307 e. The molecular formula is C9H17NO2. The molecule has 0 amide bonds. The highest BCUT2D eigenvalue weighted by molar-refractivity contribution is 5.70. The van der Waals surface area contributed by atoms with E-state index in [1.807, 2.05) is 6.92 Å². The Morgan fingerprint density at radius 2 is 2.42 bits per heavy atom. The van der Waals surface area contributed by atoms with E-state index in [1.165, 1.54) is 12.8 Å². The SMILES string of the molecule is CCOC(=O)C[C@H]1CCCCN1. The van der Waals surface area contributed by atoms with E-state index in [1.54, 1.807) is 0 Å². The minimum Gasteiger partial charge on any atom is -0.466 e. The van der Waals surface area contributed by atoms with Gasteiger partial charge in [-0.1, -0.05) is 6.42 Å². The molecule has 1 aliphatic heterocycles. The minimum atomic E-state index is -0.0723. The highest BCUT2D eigenvalue weighted by atomic mass is 16.5. The molecule has 3 heteroatoms. The summed E-state index contributed by atoms with van der Waals surface area (Å²) in [4.78, 5) is 11.0. The molecule has 70 valence electrons. The van der Waals surface area contributed by atoms with Crippen molar-refractivity contribution in [2.75, 3.05) is 13.2 Å². The zero-order chi connectivity index (χ0) is 8.81. The zero-order valence-electron chi connectivity index (χ0n) is 7.64. The summed E-state index contributed by atoms with van der Waals surface area (Å²) < 4.78 is 4.87. The van der Waals surface area contributed by atoms with E-state index >= 15 is 0 Å². The molecule has 1 N–H and O–H groups in total. The molecule has 1 heterocycles. The number of carbonyl (C=O) groups is 1. The van der Waals surface area contributed by atoms with Gasteiger partial charge in [-0.15, -0.1) is 0 Å². The molecule has 0 spiro atoms. The Morgan fingerprint density at radius 3 is 3.00 bits per heavy atom. The van der Waals surface area contributed by atoms with Crippen LogP contribution in [0.4, 0.5) is 0 Å². The van der Waals surface area contributed by atoms with E-state index in [9.17, 15) is 4.79 Å². The molecule has 0 aromatic heterocycles. The first-order chi connectivity index (χ1) is 5.83. The van der Waals surface area contributed by atoms with Crippen LogP contribution in [0.3, 0.4) is 0 Å². The van der Waals surface area contributed by atoms with Crippen molar-refractivity contribution in [2.45, 2.75) is 38.6 Å². The van der Waals surface area contributed by atoms with Crippen molar-refractivity contribution < 1.29 is 9.53 Å². The lowest BCUT2D eigenvalue weighted by Gasteiger charge is -2.22. The summed E-state index contributed by atoms with van der Waals surface area (Å²) >= 11 is 0. The van der Waals surface area contributed by atoms with Crippen LogP contribution in [0.15, 0.2) is 0 Å². The van der Waals surface area contributed by atoms with Crippen LogP contribution >= 0.6 is 0 Å². The summed E-state index contributed by atoms with van der Waals surface area (Å²) in [5.41, 5.74) is 0. The fourth-order valence-electron chi connectivity index (χ4n) is 1.52. The third-order valence-corrected chi connectivity index (χ3v) is 2.13. The Hall–Kier alpha value is -0.570. The van der Waals surface area contributed by atoms with Gasteiger partial charge in [0.2, 0.25) is 0 Å². The van der Waals surface area contributed by atoms with Crippen molar-refractivity contribution >= 4 is 5.97 Å². The molecular weight excluding hydrogens is 154 g/mol. The molecule has 12 heavy (non-hydrogen) atoms. The number of esters is 1. The second-order valence-electron chi connectivity index (χ2n) is 3.16. The molecule has 0 aliphatic carbocycles. The van der Waals surface area contributed by atoms with Gasteiger partial charge in [0.25, 0.3) is 0 Å². The van der Waals surface area contributed by atoms with Gasteiger partial charge in [0.15, 0.2) is 0 Å². The van der Waals surface area contributed by atoms with Crippen LogP contribution in [0, 0.1) is 0 Å². The fourth-order valence-corrected chi connectivity index (χ4v) is 1.52. The summed E-state index contributed by atoms with van der Waals surface area (Å²) in [6, 6.07) is 0.359. The molecule has 0 aromatic rings. The van der Waals surface area contributed by atoms with Crippen LogP contribution in [-0.2, 0) is 9.53 Å². The van der Waals surface area contributed by atoms with Gasteiger partial charge in [-0.05, 0) is 26.3 Å². The van der Waals surface area contributed by atoms with E-state index in [2.05, 4.69) is 5.32 Å². The maximum Gasteiger partial charge on any atom is 0.307 e. The largest absolute Gasteiger partial charge is 0.466 e. The third-order valence-electron chi connectivity index (χ3n) is 2.13. The monoisotopic (exact) mass is 171 g/mol. The lowest BCUT2D eigenvalue weighted by atomic mass is 10.0. The molecule has 0 unspecified atom stereocenters. The number of hydrogen-bond acceptors (Lipinski definition) is 3. The van der Waals surface area contributed by atoms with Gasteiger partial charge < -0.3 is 10.1 Å². The van der Waals surface area contributed by atoms with Crippen LogP contribution in [-0.4, -0.2) is 25.2 Å². The van der Waals surface area contributed by atoms with Crippen molar-refractivity contribution in [1.82, 2.24) is 5.32 Å². The van der Waals surface area contributed by atoms with E-state index in [0.717, 1.165) is 13.0 Å². The highest BCUT2D eigenvalue weighted by Crippen LogP contribution is 2.10. The first-order valence-corrected chi connectivity index (χ1v) is 4.72. The highest BCUT2D eigenvalue weighted by Gasteiger charge is 2.16. The predicted molar refractivity (Wildman–Crippen MR) is 46.9 cm³/mol. The van der Waals surface area contributed by atoms with E-state index in [4.69, 9.17) is 4.74 Å². The predicted octanol–water partition coefficient (Wildman–Crippen LogP) is 1.08. The molecule has 0 bridgehead atoms. The number of ether oxygens (including phenoxy) is 1. The number of piperidine rings is 1. The molecule has 0 radical (unpaired) electrons. The molecule has 1 saturated heterocycles. The molecule has 1 rings (SSSR count). The maximum absolute atomic E-state index is 11.0. The van der Waals surface area contributed by atoms with Gasteiger partial charge in [-0.25, -0.2) is 0 Å². The minimum absolute atomic E-state index is 0.0723. The van der Waals surface area contributed by atoms with Crippen molar-refractivity contribution in [2.24, 2.45) is 0 Å². The standard InChI is InChI=1S/C9H17NO2/c1-2-12-9(11)7-8-5-3-4-6-10-8/h8,10H,2-7H2,1H3/t8-/m1/s1. The summed E-state index contributed by atoms with van der Waals surface area (Å²) in [5, 5.41) is 3.31. The summed E-state index contributed by atoms with van der Waals surface area (Å²) in [6.45, 7) is 3.38. The van der Waals surface area contributed by atoms with Crippen molar-refractivity contribution in [3.63, 3.8) is 0 Å². The normalized spacial score (nSPS) is 23.6. The first kappa shape index (κ1) is 9.52. The van der Waals surface area contributed by atoms with Crippen molar-refractivity contribution in [1.29, 1.82) is 0 Å². The second-order valence-corrected chi connectivity index (χ2v) is 3.16. The van der Waals surface area contributed by atoms with Gasteiger partial charge in [0.1, 0.15) is 0 Å². The molecule has 3 nitrogen and oxygen atoms in total. The van der Waals surface area contributed by atoms with E-state index < -0.39 is 0 Å². The fraction of sp³-hybridized carbons (Fsp3) is 0.889. The number of rotatable bonds is 3. The summed E-state index contributed by atoms with van der Waals surface area (Å²) in [7, 11) is 0. The first-order valence-electron chi connectivity index (χ1n) is 4.72. The third kappa shape index (κ3) is 3.22. The van der Waals surface area contributed by atoms with Crippen molar-refractivity contribution in [3.8, 4) is 0 Å². The Kier molecular flexibility index (Phi) is 4.08. The summed E-state index contributed by atoms with van der Waals surface area (Å²) in [5.74, 6) is -0.0723. The molecule has 0 aromatic carbocycles. The van der Waals surface area contributed by atoms with E-state index in [-0.39, 0.29) is 5.97 Å². The van der Waals surface area contributed by atoms with Crippen LogP contribution in [0.1, 0.15) is 32.6 Å². The van der Waals surface area contributed by atoms with Gasteiger partial charge >= 0.3 is 5.97 Å². The Labute approximate surface area is 73.5 Å². The van der Waals surface area contributed by atoms with Gasteiger partial charge in [0, 0.05) is 6.04 Å². The quantitative estimate of drug-likeness (QED) is 0.646. The molecule has 1 fully saturated rings.